The molecule has 2 atom stereocenters. The third kappa shape index (κ3) is 8.27. The van der Waals surface area contributed by atoms with Crippen LogP contribution in [0, 0.1) is 5.92 Å². The molecule has 0 saturated heterocycles. The van der Waals surface area contributed by atoms with Crippen molar-refractivity contribution < 1.29 is 37.7 Å². The lowest BCUT2D eigenvalue weighted by Gasteiger charge is -2.24. The number of amides is 1. The van der Waals surface area contributed by atoms with Gasteiger partial charge < -0.3 is 25.6 Å². The predicted molar refractivity (Wildman–Crippen MR) is 147 cm³/mol. The van der Waals surface area contributed by atoms with Crippen LogP contribution < -0.4 is 15.4 Å². The maximum atomic E-state index is 13.0. The quantitative estimate of drug-likeness (QED) is 0.204. The van der Waals surface area contributed by atoms with E-state index in [9.17, 15) is 27.9 Å². The number of alkyl halides is 3. The molecule has 0 radical (unpaired) electrons. The van der Waals surface area contributed by atoms with Gasteiger partial charge in [0.25, 0.3) is 5.91 Å². The van der Waals surface area contributed by atoms with Gasteiger partial charge in [0, 0.05) is 27.4 Å². The molecule has 7 nitrogen and oxygen atoms in total. The highest BCUT2D eigenvalue weighted by molar-refractivity contribution is 6.36. The lowest BCUT2D eigenvalue weighted by Crippen LogP contribution is -2.36. The summed E-state index contributed by atoms with van der Waals surface area (Å²) in [6, 6.07) is 14.3. The molecule has 0 aliphatic rings. The summed E-state index contributed by atoms with van der Waals surface area (Å²) in [5.41, 5.74) is 0.993. The van der Waals surface area contributed by atoms with E-state index < -0.39 is 36.3 Å². The molecule has 3 aromatic rings. The minimum absolute atomic E-state index is 0.0733. The number of carbonyl (C=O) groups excluding carboxylic acids is 1. The summed E-state index contributed by atoms with van der Waals surface area (Å²) in [5, 5.41) is 23.9. The molecule has 0 saturated carbocycles. The number of halogens is 5. The normalized spacial score (nSPS) is 13.0. The third-order valence-corrected chi connectivity index (χ3v) is 6.63. The van der Waals surface area contributed by atoms with Crippen LogP contribution in [0.4, 0.5) is 18.9 Å². The van der Waals surface area contributed by atoms with Gasteiger partial charge in [-0.05, 0) is 60.5 Å². The maximum Gasteiger partial charge on any atom is 0.416 e. The molecule has 3 rings (SSSR count). The number of benzene rings is 3. The minimum Gasteiger partial charge on any atom is -0.491 e. The summed E-state index contributed by atoms with van der Waals surface area (Å²) in [6.07, 6.45) is -6.19. The van der Waals surface area contributed by atoms with Crippen molar-refractivity contribution in [1.29, 1.82) is 0 Å². The Kier molecular flexibility index (Phi) is 10.3. The van der Waals surface area contributed by atoms with Crippen LogP contribution in [0.15, 0.2) is 60.7 Å². The zero-order valence-corrected chi connectivity index (χ0v) is 22.9. The number of ether oxygens (including phenoxy) is 1. The number of rotatable bonds is 11. The van der Waals surface area contributed by atoms with Gasteiger partial charge in [0.2, 0.25) is 0 Å². The Morgan fingerprint density at radius 1 is 0.950 bits per heavy atom. The molecular formula is C28H27Cl2F3N2O5. The molecule has 1 amide bonds. The number of aliphatic hydroxyl groups excluding tert-OH is 1. The van der Waals surface area contributed by atoms with Gasteiger partial charge in [0.05, 0.1) is 23.2 Å². The largest absolute Gasteiger partial charge is 0.491 e. The van der Waals surface area contributed by atoms with Crippen molar-refractivity contribution in [2.75, 3.05) is 18.5 Å². The van der Waals surface area contributed by atoms with E-state index >= 15 is 0 Å². The van der Waals surface area contributed by atoms with Crippen LogP contribution in [-0.4, -0.2) is 47.4 Å². The first-order valence-electron chi connectivity index (χ1n) is 12.1. The highest BCUT2D eigenvalue weighted by atomic mass is 35.5. The van der Waals surface area contributed by atoms with Crippen LogP contribution in [0.25, 0.3) is 11.1 Å². The van der Waals surface area contributed by atoms with Gasteiger partial charge in [0.1, 0.15) is 12.4 Å². The van der Waals surface area contributed by atoms with E-state index in [0.29, 0.717) is 22.4 Å². The zero-order chi connectivity index (χ0) is 29.6. The molecule has 0 spiro atoms. The first-order valence-corrected chi connectivity index (χ1v) is 12.9. The number of nitrogens with one attached hydrogen (secondary N) is 2. The van der Waals surface area contributed by atoms with Crippen LogP contribution in [-0.2, 0) is 11.0 Å². The Balaban J connectivity index is 1.63. The molecule has 0 aliphatic heterocycles. The van der Waals surface area contributed by atoms with Crippen LogP contribution >= 0.6 is 23.2 Å². The predicted octanol–water partition coefficient (Wildman–Crippen LogP) is 6.37. The Hall–Kier alpha value is -3.47. The van der Waals surface area contributed by atoms with Gasteiger partial charge in [-0.2, -0.15) is 13.2 Å². The summed E-state index contributed by atoms with van der Waals surface area (Å²) < 4.78 is 44.8. The second-order valence-electron chi connectivity index (χ2n) is 9.28. The fourth-order valence-corrected chi connectivity index (χ4v) is 4.17. The van der Waals surface area contributed by atoms with Gasteiger partial charge in [-0.15, -0.1) is 0 Å². The molecule has 0 fully saturated rings. The summed E-state index contributed by atoms with van der Waals surface area (Å²) in [5.74, 6) is -1.35. The van der Waals surface area contributed by atoms with E-state index in [1.165, 1.54) is 6.07 Å². The van der Waals surface area contributed by atoms with Crippen LogP contribution in [0.1, 0.15) is 29.8 Å². The topological polar surface area (TPSA) is 108 Å². The van der Waals surface area contributed by atoms with Gasteiger partial charge in [-0.3, -0.25) is 4.79 Å². The number of aliphatic hydroxyl groups is 1. The molecule has 3 aromatic carbocycles. The summed E-state index contributed by atoms with van der Waals surface area (Å²) in [7, 11) is 0. The van der Waals surface area contributed by atoms with Crippen molar-refractivity contribution in [2.24, 2.45) is 5.92 Å². The smallest absolute Gasteiger partial charge is 0.416 e. The third-order valence-electron chi connectivity index (χ3n) is 6.00. The average Bonchev–Trinajstić information content (AvgIpc) is 2.89. The number of aliphatic carboxylic acids is 1. The fraction of sp³-hybridized carbons (Fsp3) is 0.286. The Morgan fingerprint density at radius 2 is 1.55 bits per heavy atom. The van der Waals surface area contributed by atoms with Crippen LogP contribution in [0.3, 0.4) is 0 Å². The fourth-order valence-electron chi connectivity index (χ4n) is 3.61. The van der Waals surface area contributed by atoms with Gasteiger partial charge in [-0.25, -0.2) is 4.79 Å². The summed E-state index contributed by atoms with van der Waals surface area (Å²) >= 11 is 12.5. The van der Waals surface area contributed by atoms with Crippen molar-refractivity contribution in [3.05, 3.63) is 81.8 Å². The average molecular weight is 599 g/mol. The molecule has 40 heavy (non-hydrogen) atoms. The molecule has 0 aromatic heterocycles. The standard InChI is InChI=1S/C28H27Cl2F3N2O5/c1-15(2)24(35-18-6-3-16(4-7-18)26(37)34-13-25(36)27(38)39)14-40-19-8-10-21(23(30)12-19)20-9-5-17(11-22(20)29)28(31,32)33/h3-12,15,24-25,35-36H,13-14H2,1-2H3,(H,34,37)(H,38,39)/t24-,25-/m1/s1. The SMILES string of the molecule is CC(C)[C@@H](COc1ccc(-c2ccc(C(F)(F)F)cc2Cl)c(Cl)c1)Nc1ccc(C(=O)NC[C@@H](O)C(=O)O)cc1. The molecule has 0 unspecified atom stereocenters. The highest BCUT2D eigenvalue weighted by Crippen LogP contribution is 2.39. The summed E-state index contributed by atoms with van der Waals surface area (Å²) in [6.45, 7) is 3.84. The molecule has 0 heterocycles. The second-order valence-corrected chi connectivity index (χ2v) is 10.1. The molecule has 214 valence electrons. The molecule has 4 N–H and O–H groups in total. The Bertz CT molecular complexity index is 1350. The van der Waals surface area contributed by atoms with Crippen molar-refractivity contribution >= 4 is 40.8 Å². The van der Waals surface area contributed by atoms with E-state index in [-0.39, 0.29) is 28.6 Å². The lowest BCUT2D eigenvalue weighted by atomic mass is 10.0. The molecule has 0 aliphatic carbocycles. The Labute approximate surface area is 238 Å². The number of anilines is 1. The highest BCUT2D eigenvalue weighted by Gasteiger charge is 2.31. The van der Waals surface area contributed by atoms with Crippen molar-refractivity contribution in [1.82, 2.24) is 5.32 Å². The zero-order valence-electron chi connectivity index (χ0n) is 21.4. The van der Waals surface area contributed by atoms with E-state index in [1.807, 2.05) is 13.8 Å². The molecule has 12 heteroatoms. The van der Waals surface area contributed by atoms with Crippen molar-refractivity contribution in [3.63, 3.8) is 0 Å². The van der Waals surface area contributed by atoms with Crippen LogP contribution in [0.5, 0.6) is 5.75 Å². The molecular weight excluding hydrogens is 572 g/mol. The van der Waals surface area contributed by atoms with Crippen molar-refractivity contribution in [3.8, 4) is 16.9 Å². The van der Waals surface area contributed by atoms with Crippen molar-refractivity contribution in [2.45, 2.75) is 32.2 Å². The van der Waals surface area contributed by atoms with Gasteiger partial charge in [0.15, 0.2) is 6.10 Å². The van der Waals surface area contributed by atoms with Crippen LogP contribution in [0.2, 0.25) is 10.0 Å². The number of hydrogen-bond donors (Lipinski definition) is 4. The van der Waals surface area contributed by atoms with E-state index in [1.54, 1.807) is 42.5 Å². The number of carboxylic acids is 1. The van der Waals surface area contributed by atoms with E-state index in [4.69, 9.17) is 33.0 Å². The first-order chi connectivity index (χ1) is 18.8. The maximum absolute atomic E-state index is 13.0. The summed E-state index contributed by atoms with van der Waals surface area (Å²) in [4.78, 5) is 22.8. The van der Waals surface area contributed by atoms with E-state index in [2.05, 4.69) is 10.6 Å². The van der Waals surface area contributed by atoms with Gasteiger partial charge >= 0.3 is 12.1 Å². The second kappa shape index (κ2) is 13.3. The first kappa shape index (κ1) is 31.1. The van der Waals surface area contributed by atoms with Gasteiger partial charge in [-0.1, -0.05) is 43.1 Å². The number of hydrogen-bond acceptors (Lipinski definition) is 5. The minimum atomic E-state index is -4.50. The monoisotopic (exact) mass is 598 g/mol. The lowest BCUT2D eigenvalue weighted by molar-refractivity contribution is -0.146. The number of carboxylic acid groups (broad SMARTS) is 1. The molecule has 0 bridgehead atoms. The Morgan fingerprint density at radius 3 is 2.08 bits per heavy atom. The van der Waals surface area contributed by atoms with E-state index in [0.717, 1.165) is 17.8 Å². The number of carbonyl (C=O) groups is 2.